The largest absolute Gasteiger partial charge is 0.327 e. The van der Waals surface area contributed by atoms with Crippen LogP contribution in [-0.4, -0.2) is 15.8 Å². The van der Waals surface area contributed by atoms with E-state index in [9.17, 15) is 0 Å². The highest BCUT2D eigenvalue weighted by molar-refractivity contribution is 5.06. The molecule has 0 fully saturated rings. The van der Waals surface area contributed by atoms with Crippen LogP contribution in [0.2, 0.25) is 0 Å². The van der Waals surface area contributed by atoms with Crippen molar-refractivity contribution < 1.29 is 0 Å². The number of aromatic nitrogens is 2. The number of aryl methyl sites for hydroxylation is 1. The molecule has 17 heavy (non-hydrogen) atoms. The normalized spacial score (nSPS) is 13.2. The zero-order valence-corrected chi connectivity index (χ0v) is 11.5. The lowest BCUT2D eigenvalue weighted by Crippen LogP contribution is -2.32. The Morgan fingerprint density at radius 2 is 1.88 bits per heavy atom. The summed E-state index contributed by atoms with van der Waals surface area (Å²) in [4.78, 5) is 0. The number of rotatable bonds is 8. The van der Waals surface area contributed by atoms with Gasteiger partial charge in [-0.15, -0.1) is 0 Å². The van der Waals surface area contributed by atoms with Gasteiger partial charge >= 0.3 is 0 Å². The van der Waals surface area contributed by atoms with Gasteiger partial charge in [0.15, 0.2) is 0 Å². The van der Waals surface area contributed by atoms with Gasteiger partial charge in [-0.05, 0) is 37.7 Å². The monoisotopic (exact) mass is 237 g/mol. The van der Waals surface area contributed by atoms with E-state index < -0.39 is 0 Å². The van der Waals surface area contributed by atoms with E-state index >= 15 is 0 Å². The van der Waals surface area contributed by atoms with E-state index in [-0.39, 0.29) is 6.04 Å². The van der Waals surface area contributed by atoms with Crippen molar-refractivity contribution in [3.05, 3.63) is 18.0 Å². The smallest absolute Gasteiger partial charge is 0.0522 e. The molecule has 0 amide bonds. The van der Waals surface area contributed by atoms with E-state index in [2.05, 4.69) is 32.1 Å². The van der Waals surface area contributed by atoms with E-state index in [1.54, 1.807) is 0 Å². The summed E-state index contributed by atoms with van der Waals surface area (Å²) in [6.07, 6.45) is 9.99. The first-order valence-electron chi connectivity index (χ1n) is 6.98. The second-order valence-electron chi connectivity index (χ2n) is 4.91. The summed E-state index contributed by atoms with van der Waals surface area (Å²) in [7, 11) is 0. The van der Waals surface area contributed by atoms with Crippen LogP contribution in [0, 0.1) is 5.92 Å². The average molecular weight is 237 g/mol. The van der Waals surface area contributed by atoms with Crippen molar-refractivity contribution in [2.45, 2.75) is 65.5 Å². The Morgan fingerprint density at radius 3 is 2.35 bits per heavy atom. The van der Waals surface area contributed by atoms with Crippen LogP contribution in [0.1, 0.15) is 52.0 Å². The van der Waals surface area contributed by atoms with Gasteiger partial charge in [-0.25, -0.2) is 0 Å². The van der Waals surface area contributed by atoms with Gasteiger partial charge in [0.1, 0.15) is 0 Å². The van der Waals surface area contributed by atoms with E-state index in [1.807, 2.05) is 10.9 Å². The average Bonchev–Trinajstić information content (AvgIpc) is 2.76. The molecule has 0 saturated heterocycles. The van der Waals surface area contributed by atoms with Crippen LogP contribution >= 0.6 is 0 Å². The molecular formula is C14H27N3. The van der Waals surface area contributed by atoms with Crippen LogP contribution < -0.4 is 5.73 Å². The topological polar surface area (TPSA) is 43.8 Å². The minimum absolute atomic E-state index is 0.282. The Kier molecular flexibility index (Phi) is 6.27. The summed E-state index contributed by atoms with van der Waals surface area (Å²) in [5, 5.41) is 4.30. The Balaban J connectivity index is 2.52. The van der Waals surface area contributed by atoms with Crippen molar-refractivity contribution in [3.63, 3.8) is 0 Å². The lowest BCUT2D eigenvalue weighted by atomic mass is 9.88. The summed E-state index contributed by atoms with van der Waals surface area (Å²) < 4.78 is 1.97. The van der Waals surface area contributed by atoms with Crippen molar-refractivity contribution >= 4 is 0 Å². The van der Waals surface area contributed by atoms with Gasteiger partial charge in [0.25, 0.3) is 0 Å². The maximum atomic E-state index is 6.34. The van der Waals surface area contributed by atoms with Crippen LogP contribution in [0.3, 0.4) is 0 Å². The van der Waals surface area contributed by atoms with E-state index in [0.717, 1.165) is 13.0 Å². The van der Waals surface area contributed by atoms with Crippen LogP contribution in [0.15, 0.2) is 12.4 Å². The molecule has 1 atom stereocenters. The quantitative estimate of drug-likeness (QED) is 0.755. The maximum absolute atomic E-state index is 6.34. The molecule has 98 valence electrons. The number of hydrogen-bond acceptors (Lipinski definition) is 2. The van der Waals surface area contributed by atoms with Crippen molar-refractivity contribution in [2.75, 3.05) is 0 Å². The molecule has 0 saturated carbocycles. The van der Waals surface area contributed by atoms with Gasteiger partial charge in [-0.3, -0.25) is 4.68 Å². The van der Waals surface area contributed by atoms with Crippen molar-refractivity contribution in [2.24, 2.45) is 11.7 Å². The second-order valence-corrected chi connectivity index (χ2v) is 4.91. The molecular weight excluding hydrogens is 210 g/mol. The van der Waals surface area contributed by atoms with Gasteiger partial charge in [0.05, 0.1) is 6.20 Å². The Hall–Kier alpha value is -0.830. The van der Waals surface area contributed by atoms with Crippen LogP contribution in [0.25, 0.3) is 0 Å². The molecule has 2 N–H and O–H groups in total. The second kappa shape index (κ2) is 7.49. The van der Waals surface area contributed by atoms with Gasteiger partial charge in [0.2, 0.25) is 0 Å². The first kappa shape index (κ1) is 14.2. The molecule has 0 aromatic carbocycles. The lowest BCUT2D eigenvalue weighted by molar-refractivity contribution is 0.360. The SMILES string of the molecule is CCCC(CCC)C(N)Cc1cnn(CC)c1. The standard InChI is InChI=1S/C14H27N3/c1-4-7-13(8-5-2)14(15)9-12-10-16-17(6-3)11-12/h10-11,13-14H,4-9,15H2,1-3H3. The van der Waals surface area contributed by atoms with Gasteiger partial charge in [-0.2, -0.15) is 5.10 Å². The first-order valence-corrected chi connectivity index (χ1v) is 6.98. The maximum Gasteiger partial charge on any atom is 0.0522 e. The fourth-order valence-corrected chi connectivity index (χ4v) is 2.44. The molecule has 0 aliphatic carbocycles. The minimum atomic E-state index is 0.282. The molecule has 0 bridgehead atoms. The van der Waals surface area contributed by atoms with E-state index in [4.69, 9.17) is 5.73 Å². The predicted octanol–water partition coefficient (Wildman–Crippen LogP) is 2.99. The highest BCUT2D eigenvalue weighted by Gasteiger charge is 2.17. The number of nitrogens with zero attached hydrogens (tertiary/aromatic N) is 2. The predicted molar refractivity (Wildman–Crippen MR) is 72.9 cm³/mol. The Bertz CT molecular complexity index is 300. The van der Waals surface area contributed by atoms with Crippen molar-refractivity contribution in [3.8, 4) is 0 Å². The van der Waals surface area contributed by atoms with Crippen molar-refractivity contribution in [1.29, 1.82) is 0 Å². The highest BCUT2D eigenvalue weighted by Crippen LogP contribution is 2.19. The summed E-state index contributed by atoms with van der Waals surface area (Å²) >= 11 is 0. The number of nitrogens with two attached hydrogens (primary N) is 1. The molecule has 1 rings (SSSR count). The third-order valence-corrected chi connectivity index (χ3v) is 3.41. The summed E-state index contributed by atoms with van der Waals surface area (Å²) in [6.45, 7) is 7.52. The molecule has 0 spiro atoms. The van der Waals surface area contributed by atoms with Crippen LogP contribution in [-0.2, 0) is 13.0 Å². The van der Waals surface area contributed by atoms with Gasteiger partial charge < -0.3 is 5.73 Å². The van der Waals surface area contributed by atoms with Crippen molar-refractivity contribution in [1.82, 2.24) is 9.78 Å². The summed E-state index contributed by atoms with van der Waals surface area (Å²) in [5.74, 6) is 0.662. The van der Waals surface area contributed by atoms with E-state index in [1.165, 1.54) is 31.2 Å². The highest BCUT2D eigenvalue weighted by atomic mass is 15.3. The zero-order chi connectivity index (χ0) is 12.7. The Morgan fingerprint density at radius 1 is 1.24 bits per heavy atom. The van der Waals surface area contributed by atoms with Gasteiger partial charge in [-0.1, -0.05) is 26.7 Å². The molecule has 0 radical (unpaired) electrons. The molecule has 1 aromatic rings. The van der Waals surface area contributed by atoms with Gasteiger partial charge in [0, 0.05) is 18.8 Å². The van der Waals surface area contributed by atoms with E-state index in [0.29, 0.717) is 5.92 Å². The molecule has 0 aliphatic rings. The zero-order valence-electron chi connectivity index (χ0n) is 11.5. The summed E-state index contributed by atoms with van der Waals surface area (Å²) in [5.41, 5.74) is 7.61. The fraction of sp³-hybridized carbons (Fsp3) is 0.786. The number of hydrogen-bond donors (Lipinski definition) is 1. The molecule has 3 heteroatoms. The molecule has 0 aliphatic heterocycles. The summed E-state index contributed by atoms with van der Waals surface area (Å²) in [6, 6.07) is 0.282. The first-order chi connectivity index (χ1) is 8.21. The van der Waals surface area contributed by atoms with Crippen LogP contribution in [0.5, 0.6) is 0 Å². The third-order valence-electron chi connectivity index (χ3n) is 3.41. The fourth-order valence-electron chi connectivity index (χ4n) is 2.44. The van der Waals surface area contributed by atoms with Crippen LogP contribution in [0.4, 0.5) is 0 Å². The molecule has 1 unspecified atom stereocenters. The Labute approximate surface area is 105 Å². The molecule has 1 heterocycles. The molecule has 3 nitrogen and oxygen atoms in total. The lowest BCUT2D eigenvalue weighted by Gasteiger charge is -2.22. The third kappa shape index (κ3) is 4.50. The molecule has 1 aromatic heterocycles. The minimum Gasteiger partial charge on any atom is -0.327 e.